The number of halogens is 3. The second-order valence-corrected chi connectivity index (χ2v) is 4.06. The number of carbonyl (C=O) groups is 1. The number of hydrogen-bond acceptors (Lipinski definition) is 2. The third-order valence-electron chi connectivity index (χ3n) is 2.46. The van der Waals surface area contributed by atoms with Crippen LogP contribution in [0.25, 0.3) is 0 Å². The van der Waals surface area contributed by atoms with E-state index in [1.54, 1.807) is 14.1 Å². The second kappa shape index (κ2) is 4.87. The van der Waals surface area contributed by atoms with Crippen molar-refractivity contribution >= 4 is 5.78 Å². The van der Waals surface area contributed by atoms with E-state index < -0.39 is 17.8 Å². The lowest BCUT2D eigenvalue weighted by molar-refractivity contribution is -0.139. The molecule has 0 saturated heterocycles. The third kappa shape index (κ3) is 3.06. The Bertz CT molecular complexity index is 412. The molecule has 0 amide bonds. The first kappa shape index (κ1) is 13.7. The molecule has 0 saturated carbocycles. The molecule has 5 heteroatoms. The van der Waals surface area contributed by atoms with Gasteiger partial charge < -0.3 is 0 Å². The fraction of sp³-hybridized carbons (Fsp3) is 0.417. The maximum Gasteiger partial charge on any atom is 0.416 e. The van der Waals surface area contributed by atoms with E-state index in [0.29, 0.717) is 0 Å². The third-order valence-corrected chi connectivity index (χ3v) is 2.46. The quantitative estimate of drug-likeness (QED) is 0.816. The van der Waals surface area contributed by atoms with Crippen LogP contribution in [0.5, 0.6) is 0 Å². The smallest absolute Gasteiger partial charge is 0.298 e. The molecule has 0 heterocycles. The zero-order valence-corrected chi connectivity index (χ0v) is 9.88. The Morgan fingerprint density at radius 1 is 1.24 bits per heavy atom. The van der Waals surface area contributed by atoms with E-state index in [1.165, 1.54) is 30.0 Å². The van der Waals surface area contributed by atoms with E-state index in [0.717, 1.165) is 6.07 Å². The average Bonchev–Trinajstić information content (AvgIpc) is 2.15. The lowest BCUT2D eigenvalue weighted by Gasteiger charge is -2.25. The Labute approximate surface area is 98.0 Å². The molecule has 1 unspecified atom stereocenters. The van der Waals surface area contributed by atoms with E-state index >= 15 is 0 Å². The van der Waals surface area contributed by atoms with E-state index in [2.05, 4.69) is 0 Å². The Morgan fingerprint density at radius 2 is 1.76 bits per heavy atom. The standard InChI is InChI=1S/C12H14F3NO/c1-8(17)11(16(2)3)9-6-4-5-7-10(9)12(13,14)15/h4-7,11H,1-3H3. The van der Waals surface area contributed by atoms with Crippen LogP contribution in [-0.4, -0.2) is 24.8 Å². The molecule has 0 spiro atoms. The summed E-state index contributed by atoms with van der Waals surface area (Å²) in [6.07, 6.45) is -4.44. The van der Waals surface area contributed by atoms with E-state index in [9.17, 15) is 18.0 Å². The van der Waals surface area contributed by atoms with E-state index in [4.69, 9.17) is 0 Å². The summed E-state index contributed by atoms with van der Waals surface area (Å²) in [7, 11) is 3.17. The molecule has 0 radical (unpaired) electrons. The van der Waals surface area contributed by atoms with Crippen LogP contribution in [0, 0.1) is 0 Å². The van der Waals surface area contributed by atoms with Crippen molar-refractivity contribution in [1.29, 1.82) is 0 Å². The maximum absolute atomic E-state index is 12.8. The first-order chi connectivity index (χ1) is 7.75. The predicted molar refractivity (Wildman–Crippen MR) is 58.6 cm³/mol. The summed E-state index contributed by atoms with van der Waals surface area (Å²) in [5.41, 5.74) is -0.758. The molecule has 0 aromatic heterocycles. The summed E-state index contributed by atoms with van der Waals surface area (Å²) < 4.78 is 38.4. The number of benzene rings is 1. The van der Waals surface area contributed by atoms with Gasteiger partial charge >= 0.3 is 6.18 Å². The van der Waals surface area contributed by atoms with Gasteiger partial charge in [-0.3, -0.25) is 9.69 Å². The number of carbonyl (C=O) groups excluding carboxylic acids is 1. The highest BCUT2D eigenvalue weighted by Gasteiger charge is 2.36. The molecule has 2 nitrogen and oxygen atoms in total. The first-order valence-electron chi connectivity index (χ1n) is 5.08. The molecule has 0 bridgehead atoms. The van der Waals surface area contributed by atoms with Crippen molar-refractivity contribution in [2.45, 2.75) is 19.1 Å². The number of hydrogen-bond donors (Lipinski definition) is 0. The van der Waals surface area contributed by atoms with E-state index in [1.807, 2.05) is 0 Å². The molecule has 0 aliphatic heterocycles. The number of Topliss-reactive ketones (excluding diaryl/α,β-unsaturated/α-hetero) is 1. The van der Waals surface area contributed by atoms with Crippen LogP contribution in [0.15, 0.2) is 24.3 Å². The van der Waals surface area contributed by atoms with Crippen molar-refractivity contribution in [1.82, 2.24) is 4.90 Å². The van der Waals surface area contributed by atoms with Crippen LogP contribution in [0.1, 0.15) is 24.1 Å². The van der Waals surface area contributed by atoms with Crippen LogP contribution in [0.3, 0.4) is 0 Å². The number of alkyl halides is 3. The van der Waals surface area contributed by atoms with Crippen LogP contribution in [0.2, 0.25) is 0 Å². The van der Waals surface area contributed by atoms with Crippen molar-refractivity contribution in [2.24, 2.45) is 0 Å². The topological polar surface area (TPSA) is 20.3 Å². The van der Waals surface area contributed by atoms with Gasteiger partial charge in [0.2, 0.25) is 0 Å². The van der Waals surface area contributed by atoms with Crippen LogP contribution in [-0.2, 0) is 11.0 Å². The summed E-state index contributed by atoms with van der Waals surface area (Å²) in [6.45, 7) is 1.29. The van der Waals surface area contributed by atoms with Gasteiger partial charge in [0.15, 0.2) is 5.78 Å². The molecule has 1 aromatic carbocycles. The van der Waals surface area contributed by atoms with Crippen LogP contribution < -0.4 is 0 Å². The highest BCUT2D eigenvalue weighted by Crippen LogP contribution is 2.35. The van der Waals surface area contributed by atoms with Gasteiger partial charge in [0.25, 0.3) is 0 Å². The number of rotatable bonds is 3. The number of likely N-dealkylation sites (N-methyl/N-ethyl adjacent to an activating group) is 1. The van der Waals surface area contributed by atoms with Gasteiger partial charge in [-0.15, -0.1) is 0 Å². The molecule has 0 fully saturated rings. The molecule has 0 aliphatic rings. The summed E-state index contributed by atoms with van der Waals surface area (Å²) in [5, 5.41) is 0. The Kier molecular flexibility index (Phi) is 3.93. The van der Waals surface area contributed by atoms with Crippen molar-refractivity contribution in [3.8, 4) is 0 Å². The lowest BCUT2D eigenvalue weighted by atomic mass is 9.96. The van der Waals surface area contributed by atoms with Gasteiger partial charge in [0, 0.05) is 0 Å². The highest BCUT2D eigenvalue weighted by atomic mass is 19.4. The lowest BCUT2D eigenvalue weighted by Crippen LogP contribution is -2.28. The highest BCUT2D eigenvalue weighted by molar-refractivity contribution is 5.83. The monoisotopic (exact) mass is 245 g/mol. The summed E-state index contributed by atoms with van der Waals surface area (Å²) >= 11 is 0. The minimum atomic E-state index is -4.44. The molecular formula is C12H14F3NO. The largest absolute Gasteiger partial charge is 0.416 e. The molecular weight excluding hydrogens is 231 g/mol. The van der Waals surface area contributed by atoms with Gasteiger partial charge in [-0.25, -0.2) is 0 Å². The van der Waals surface area contributed by atoms with Crippen LogP contribution in [0.4, 0.5) is 13.2 Å². The van der Waals surface area contributed by atoms with Crippen molar-refractivity contribution in [3.63, 3.8) is 0 Å². The van der Waals surface area contributed by atoms with Gasteiger partial charge in [-0.1, -0.05) is 18.2 Å². The number of ketones is 1. The molecule has 94 valence electrons. The molecule has 0 N–H and O–H groups in total. The fourth-order valence-corrected chi connectivity index (χ4v) is 1.85. The fourth-order valence-electron chi connectivity index (χ4n) is 1.85. The summed E-state index contributed by atoms with van der Waals surface area (Å²) in [4.78, 5) is 12.9. The maximum atomic E-state index is 12.8. The molecule has 1 atom stereocenters. The first-order valence-corrected chi connectivity index (χ1v) is 5.08. The van der Waals surface area contributed by atoms with Gasteiger partial charge in [0.1, 0.15) is 0 Å². The van der Waals surface area contributed by atoms with Crippen LogP contribution >= 0.6 is 0 Å². The van der Waals surface area contributed by atoms with Gasteiger partial charge in [-0.05, 0) is 32.6 Å². The SMILES string of the molecule is CC(=O)C(c1ccccc1C(F)(F)F)N(C)C. The van der Waals surface area contributed by atoms with E-state index in [-0.39, 0.29) is 11.3 Å². The molecule has 0 aliphatic carbocycles. The second-order valence-electron chi connectivity index (χ2n) is 4.06. The summed E-state index contributed by atoms with van der Waals surface area (Å²) in [6, 6.07) is 4.29. The molecule has 1 rings (SSSR count). The average molecular weight is 245 g/mol. The van der Waals surface area contributed by atoms with Crippen molar-refractivity contribution in [2.75, 3.05) is 14.1 Å². The normalized spacial score (nSPS) is 13.8. The van der Waals surface area contributed by atoms with Gasteiger partial charge in [0.05, 0.1) is 11.6 Å². The van der Waals surface area contributed by atoms with Gasteiger partial charge in [-0.2, -0.15) is 13.2 Å². The Hall–Kier alpha value is -1.36. The minimum absolute atomic E-state index is 0.00231. The summed E-state index contributed by atoms with van der Waals surface area (Å²) in [5.74, 6) is -0.313. The number of nitrogens with zero attached hydrogens (tertiary/aromatic N) is 1. The zero-order chi connectivity index (χ0) is 13.2. The van der Waals surface area contributed by atoms with Crippen molar-refractivity contribution < 1.29 is 18.0 Å². The van der Waals surface area contributed by atoms with Crippen molar-refractivity contribution in [3.05, 3.63) is 35.4 Å². The molecule has 1 aromatic rings. The molecule has 17 heavy (non-hydrogen) atoms. The minimum Gasteiger partial charge on any atom is -0.298 e. The Balaban J connectivity index is 3.34. The Morgan fingerprint density at radius 3 is 2.18 bits per heavy atom. The zero-order valence-electron chi connectivity index (χ0n) is 9.88. The predicted octanol–water partition coefficient (Wildman–Crippen LogP) is 2.90.